The lowest BCUT2D eigenvalue weighted by Gasteiger charge is -2.08. The Balaban J connectivity index is 1.68. The first-order valence-electron chi connectivity index (χ1n) is 6.87. The molecule has 0 unspecified atom stereocenters. The third-order valence-electron chi connectivity index (χ3n) is 3.04. The molecule has 1 N–H and O–H groups in total. The van der Waals surface area contributed by atoms with Crippen LogP contribution in [0, 0.1) is 6.92 Å². The minimum Gasteiger partial charge on any atom is -0.495 e. The maximum atomic E-state index is 12.1. The van der Waals surface area contributed by atoms with Crippen molar-refractivity contribution in [2.24, 2.45) is 0 Å². The van der Waals surface area contributed by atoms with Gasteiger partial charge < -0.3 is 10.1 Å². The highest BCUT2D eigenvalue weighted by atomic mass is 32.2. The number of para-hydroxylation sites is 2. The summed E-state index contributed by atoms with van der Waals surface area (Å²) in [5.74, 6) is 0.547. The summed E-state index contributed by atoms with van der Waals surface area (Å²) < 4.78 is 6.96. The number of carbonyl (C=O) groups is 1. The van der Waals surface area contributed by atoms with E-state index in [9.17, 15) is 9.59 Å². The van der Waals surface area contributed by atoms with Crippen LogP contribution in [0.2, 0.25) is 0 Å². The second-order valence-electron chi connectivity index (χ2n) is 4.69. The number of methoxy groups -OCH3 is 1. The van der Waals surface area contributed by atoms with Crippen LogP contribution in [0.25, 0.3) is 4.96 Å². The van der Waals surface area contributed by atoms with Crippen LogP contribution in [0.1, 0.15) is 5.69 Å². The number of thioether (sulfide) groups is 1. The number of fused-ring (bicyclic) bond motifs is 1. The Kier molecular flexibility index (Phi) is 4.76. The standard InChI is InChI=1S/C14H13N5O3S2/c1-8-12(21)19-13(17-16-8)24-14(18-19)23-7-11(20)15-9-5-3-4-6-10(9)22-2/h3-6H,7H2,1-2H3,(H,15,20). The number of anilines is 1. The number of carbonyl (C=O) groups excluding carboxylic acids is 1. The number of aryl methyl sites for hydroxylation is 1. The van der Waals surface area contributed by atoms with Gasteiger partial charge in [0.1, 0.15) is 11.4 Å². The molecule has 2 aromatic heterocycles. The number of hydrogen-bond donors (Lipinski definition) is 1. The molecule has 24 heavy (non-hydrogen) atoms. The zero-order valence-electron chi connectivity index (χ0n) is 12.8. The summed E-state index contributed by atoms with van der Waals surface area (Å²) in [6.07, 6.45) is 0. The quantitative estimate of drug-likeness (QED) is 0.687. The Hall–Kier alpha value is -2.46. The molecule has 3 rings (SSSR count). The Labute approximate surface area is 144 Å². The average molecular weight is 363 g/mol. The maximum Gasteiger partial charge on any atom is 0.296 e. The van der Waals surface area contributed by atoms with Crippen LogP contribution in [-0.2, 0) is 4.79 Å². The molecular formula is C14H13N5O3S2. The molecule has 0 fully saturated rings. The second-order valence-corrected chi connectivity index (χ2v) is 6.87. The minimum atomic E-state index is -0.304. The van der Waals surface area contributed by atoms with E-state index in [0.717, 1.165) is 0 Å². The summed E-state index contributed by atoms with van der Waals surface area (Å²) >= 11 is 2.44. The van der Waals surface area contributed by atoms with Crippen molar-refractivity contribution in [1.82, 2.24) is 19.8 Å². The Morgan fingerprint density at radius 1 is 1.38 bits per heavy atom. The molecule has 124 valence electrons. The van der Waals surface area contributed by atoms with Crippen molar-refractivity contribution in [1.29, 1.82) is 0 Å². The normalized spacial score (nSPS) is 10.8. The lowest BCUT2D eigenvalue weighted by atomic mass is 10.3. The van der Waals surface area contributed by atoms with Crippen LogP contribution >= 0.6 is 23.1 Å². The fourth-order valence-electron chi connectivity index (χ4n) is 1.89. The lowest BCUT2D eigenvalue weighted by molar-refractivity contribution is -0.113. The van der Waals surface area contributed by atoms with Crippen LogP contribution in [-0.4, -0.2) is 38.6 Å². The van der Waals surface area contributed by atoms with Crippen molar-refractivity contribution in [3.05, 3.63) is 40.3 Å². The number of rotatable bonds is 5. The van der Waals surface area contributed by atoms with E-state index in [1.165, 1.54) is 27.6 Å². The zero-order chi connectivity index (χ0) is 17.1. The van der Waals surface area contributed by atoms with E-state index in [2.05, 4.69) is 20.6 Å². The smallest absolute Gasteiger partial charge is 0.296 e. The largest absolute Gasteiger partial charge is 0.495 e. The van der Waals surface area contributed by atoms with Gasteiger partial charge in [-0.25, -0.2) is 0 Å². The molecule has 0 saturated heterocycles. The van der Waals surface area contributed by atoms with E-state index in [1.807, 2.05) is 12.1 Å². The average Bonchev–Trinajstić information content (AvgIpc) is 3.01. The van der Waals surface area contributed by atoms with Gasteiger partial charge >= 0.3 is 0 Å². The first-order valence-corrected chi connectivity index (χ1v) is 8.67. The summed E-state index contributed by atoms with van der Waals surface area (Å²) in [6, 6.07) is 7.16. The molecule has 0 aliphatic carbocycles. The predicted molar refractivity (Wildman–Crippen MR) is 92.0 cm³/mol. The van der Waals surface area contributed by atoms with Gasteiger partial charge in [0.05, 0.1) is 18.6 Å². The van der Waals surface area contributed by atoms with Gasteiger partial charge in [-0.1, -0.05) is 35.2 Å². The van der Waals surface area contributed by atoms with Crippen molar-refractivity contribution in [2.45, 2.75) is 11.3 Å². The Morgan fingerprint density at radius 2 is 2.17 bits per heavy atom. The topological polar surface area (TPSA) is 98.5 Å². The van der Waals surface area contributed by atoms with Gasteiger partial charge in [0.15, 0.2) is 4.34 Å². The number of amides is 1. The number of hydrogen-bond acceptors (Lipinski definition) is 8. The van der Waals surface area contributed by atoms with E-state index >= 15 is 0 Å². The highest BCUT2D eigenvalue weighted by Crippen LogP contribution is 2.25. The Bertz CT molecular complexity index is 953. The molecule has 2 heterocycles. The summed E-state index contributed by atoms with van der Waals surface area (Å²) in [5, 5.41) is 14.6. The van der Waals surface area contributed by atoms with Crippen molar-refractivity contribution < 1.29 is 9.53 Å². The van der Waals surface area contributed by atoms with Gasteiger partial charge in [-0.2, -0.15) is 4.52 Å². The number of benzene rings is 1. The van der Waals surface area contributed by atoms with Crippen LogP contribution in [0.3, 0.4) is 0 Å². The molecule has 8 nitrogen and oxygen atoms in total. The summed E-state index contributed by atoms with van der Waals surface area (Å²) in [6.45, 7) is 1.58. The van der Waals surface area contributed by atoms with E-state index < -0.39 is 0 Å². The fraction of sp³-hybridized carbons (Fsp3) is 0.214. The van der Waals surface area contributed by atoms with Crippen molar-refractivity contribution in [3.8, 4) is 5.75 Å². The first-order chi connectivity index (χ1) is 11.6. The van der Waals surface area contributed by atoms with Gasteiger partial charge in [0.2, 0.25) is 10.9 Å². The van der Waals surface area contributed by atoms with E-state index in [-0.39, 0.29) is 22.9 Å². The highest BCUT2D eigenvalue weighted by molar-refractivity contribution is 8.01. The zero-order valence-corrected chi connectivity index (χ0v) is 14.5. The summed E-state index contributed by atoms with van der Waals surface area (Å²) in [4.78, 5) is 24.4. The molecule has 0 atom stereocenters. The molecule has 0 spiro atoms. The molecular weight excluding hydrogens is 350 g/mol. The number of aromatic nitrogens is 4. The molecule has 0 radical (unpaired) electrons. The highest BCUT2D eigenvalue weighted by Gasteiger charge is 2.12. The maximum absolute atomic E-state index is 12.1. The van der Waals surface area contributed by atoms with Gasteiger partial charge in [-0.05, 0) is 19.1 Å². The first kappa shape index (κ1) is 16.4. The third-order valence-corrected chi connectivity index (χ3v) is 5.07. The van der Waals surface area contributed by atoms with Crippen molar-refractivity contribution in [3.63, 3.8) is 0 Å². The van der Waals surface area contributed by atoms with E-state index in [1.54, 1.807) is 26.2 Å². The molecule has 3 aromatic rings. The molecule has 1 amide bonds. The van der Waals surface area contributed by atoms with Gasteiger partial charge in [-0.3, -0.25) is 9.59 Å². The van der Waals surface area contributed by atoms with Crippen LogP contribution < -0.4 is 15.6 Å². The fourth-order valence-corrected chi connectivity index (χ4v) is 3.57. The monoisotopic (exact) mass is 363 g/mol. The molecule has 0 saturated carbocycles. The molecule has 10 heteroatoms. The van der Waals surface area contributed by atoms with Crippen LogP contribution in [0.15, 0.2) is 33.4 Å². The third kappa shape index (κ3) is 3.39. The summed E-state index contributed by atoms with van der Waals surface area (Å²) in [5.41, 5.74) is 0.581. The second kappa shape index (κ2) is 6.97. The molecule has 1 aromatic carbocycles. The number of nitrogens with one attached hydrogen (secondary N) is 1. The number of nitrogens with zero attached hydrogens (tertiary/aromatic N) is 4. The summed E-state index contributed by atoms with van der Waals surface area (Å²) in [7, 11) is 1.54. The van der Waals surface area contributed by atoms with Gasteiger partial charge in [0.25, 0.3) is 5.56 Å². The lowest BCUT2D eigenvalue weighted by Crippen LogP contribution is -2.19. The predicted octanol–water partition coefficient (Wildman–Crippen LogP) is 1.59. The van der Waals surface area contributed by atoms with Crippen molar-refractivity contribution in [2.75, 3.05) is 18.2 Å². The van der Waals surface area contributed by atoms with Gasteiger partial charge in [-0.15, -0.1) is 15.3 Å². The van der Waals surface area contributed by atoms with E-state index in [4.69, 9.17) is 4.74 Å². The van der Waals surface area contributed by atoms with Gasteiger partial charge in [0, 0.05) is 0 Å². The molecule has 0 aliphatic heterocycles. The SMILES string of the molecule is COc1ccccc1NC(=O)CSc1nn2c(=O)c(C)nnc2s1. The molecule has 0 aliphatic rings. The van der Waals surface area contributed by atoms with Crippen LogP contribution in [0.5, 0.6) is 5.75 Å². The number of ether oxygens (including phenoxy) is 1. The minimum absolute atomic E-state index is 0.152. The van der Waals surface area contributed by atoms with Crippen LogP contribution in [0.4, 0.5) is 5.69 Å². The molecule has 0 bridgehead atoms. The van der Waals surface area contributed by atoms with E-state index in [0.29, 0.717) is 20.7 Å². The Morgan fingerprint density at radius 3 is 2.96 bits per heavy atom. The van der Waals surface area contributed by atoms with Crippen molar-refractivity contribution >= 4 is 39.7 Å².